The van der Waals surface area contributed by atoms with Gasteiger partial charge in [0.05, 0.1) is 6.61 Å². The highest BCUT2D eigenvalue weighted by molar-refractivity contribution is 5.27. The van der Waals surface area contributed by atoms with Crippen LogP contribution in [-0.4, -0.2) is 12.6 Å². The number of rotatable bonds is 5. The van der Waals surface area contributed by atoms with E-state index in [0.717, 1.165) is 18.6 Å². The minimum absolute atomic E-state index is 0.271. The molecule has 1 atom stereocenters. The Morgan fingerprint density at radius 3 is 2.36 bits per heavy atom. The number of hydrogen-bond donors (Lipinski definition) is 1. The molecule has 0 aliphatic carbocycles. The summed E-state index contributed by atoms with van der Waals surface area (Å²) >= 11 is 0. The van der Waals surface area contributed by atoms with Crippen LogP contribution < -0.4 is 10.5 Å². The molecule has 1 aromatic rings. The topological polar surface area (TPSA) is 35.2 Å². The molecule has 0 spiro atoms. The van der Waals surface area contributed by atoms with Gasteiger partial charge in [0, 0.05) is 6.04 Å². The van der Waals surface area contributed by atoms with E-state index < -0.39 is 0 Å². The summed E-state index contributed by atoms with van der Waals surface area (Å²) in [6.07, 6.45) is 1.97. The Morgan fingerprint density at radius 1 is 1.21 bits per heavy atom. The van der Waals surface area contributed by atoms with E-state index in [2.05, 4.69) is 19.1 Å². The summed E-state index contributed by atoms with van der Waals surface area (Å²) in [6.45, 7) is 4.81. The summed E-state index contributed by atoms with van der Waals surface area (Å²) in [5.41, 5.74) is 7.15. The predicted molar refractivity (Wildman–Crippen MR) is 59.6 cm³/mol. The Bertz CT molecular complexity index is 256. The van der Waals surface area contributed by atoms with Crippen LogP contribution in [0.1, 0.15) is 25.8 Å². The van der Waals surface area contributed by atoms with Crippen LogP contribution >= 0.6 is 0 Å². The number of hydrogen-bond acceptors (Lipinski definition) is 2. The van der Waals surface area contributed by atoms with Crippen molar-refractivity contribution in [3.63, 3.8) is 0 Å². The van der Waals surface area contributed by atoms with Crippen LogP contribution in [0.3, 0.4) is 0 Å². The van der Waals surface area contributed by atoms with Gasteiger partial charge in [-0.25, -0.2) is 0 Å². The van der Waals surface area contributed by atoms with Gasteiger partial charge in [-0.15, -0.1) is 0 Å². The third kappa shape index (κ3) is 3.38. The van der Waals surface area contributed by atoms with E-state index in [9.17, 15) is 0 Å². The van der Waals surface area contributed by atoms with Gasteiger partial charge in [0.2, 0.25) is 0 Å². The molecule has 0 aliphatic rings. The molecule has 2 heteroatoms. The van der Waals surface area contributed by atoms with Crippen LogP contribution in [0.15, 0.2) is 24.3 Å². The molecular weight excluding hydrogens is 174 g/mol. The van der Waals surface area contributed by atoms with Crippen molar-refractivity contribution in [3.8, 4) is 5.75 Å². The minimum Gasteiger partial charge on any atom is -0.494 e. The maximum Gasteiger partial charge on any atom is 0.119 e. The van der Waals surface area contributed by atoms with Crippen LogP contribution in [0, 0.1) is 0 Å². The first-order valence-corrected chi connectivity index (χ1v) is 5.23. The van der Waals surface area contributed by atoms with Crippen molar-refractivity contribution in [2.24, 2.45) is 5.73 Å². The van der Waals surface area contributed by atoms with E-state index in [-0.39, 0.29) is 6.04 Å². The van der Waals surface area contributed by atoms with Gasteiger partial charge < -0.3 is 10.5 Å². The minimum atomic E-state index is 0.271. The largest absolute Gasteiger partial charge is 0.494 e. The number of nitrogens with two attached hydrogens (primary N) is 1. The molecule has 0 unspecified atom stereocenters. The van der Waals surface area contributed by atoms with Crippen LogP contribution in [0.25, 0.3) is 0 Å². The Balaban J connectivity index is 2.54. The highest BCUT2D eigenvalue weighted by atomic mass is 16.5. The predicted octanol–water partition coefficient (Wildman–Crippen LogP) is 2.37. The average molecular weight is 193 g/mol. The van der Waals surface area contributed by atoms with Gasteiger partial charge in [0.25, 0.3) is 0 Å². The molecule has 78 valence electrons. The summed E-state index contributed by atoms with van der Waals surface area (Å²) in [4.78, 5) is 0. The molecule has 14 heavy (non-hydrogen) atoms. The fourth-order valence-corrected chi connectivity index (χ4v) is 1.34. The molecule has 0 aromatic heterocycles. The van der Waals surface area contributed by atoms with Crippen LogP contribution in [0.5, 0.6) is 5.75 Å². The molecule has 0 saturated carbocycles. The van der Waals surface area contributed by atoms with Crippen LogP contribution in [-0.2, 0) is 6.42 Å². The highest BCUT2D eigenvalue weighted by Gasteiger charge is 2.01. The lowest BCUT2D eigenvalue weighted by Gasteiger charge is -2.09. The molecule has 0 bridgehead atoms. The highest BCUT2D eigenvalue weighted by Crippen LogP contribution is 2.13. The van der Waals surface area contributed by atoms with Gasteiger partial charge >= 0.3 is 0 Å². The van der Waals surface area contributed by atoms with Gasteiger partial charge in [0.1, 0.15) is 5.75 Å². The average Bonchev–Trinajstić information content (AvgIpc) is 2.21. The monoisotopic (exact) mass is 193 g/mol. The third-order valence-corrected chi connectivity index (χ3v) is 2.26. The summed E-state index contributed by atoms with van der Waals surface area (Å²) in [5.74, 6) is 0.932. The van der Waals surface area contributed by atoms with Gasteiger partial charge in [-0.3, -0.25) is 0 Å². The van der Waals surface area contributed by atoms with E-state index >= 15 is 0 Å². The van der Waals surface area contributed by atoms with Crippen molar-refractivity contribution in [1.29, 1.82) is 0 Å². The van der Waals surface area contributed by atoms with E-state index in [4.69, 9.17) is 10.5 Å². The first-order valence-electron chi connectivity index (χ1n) is 5.23. The number of ether oxygens (including phenoxy) is 1. The first-order chi connectivity index (χ1) is 6.76. The van der Waals surface area contributed by atoms with Gasteiger partial charge in [-0.2, -0.15) is 0 Å². The third-order valence-electron chi connectivity index (χ3n) is 2.26. The summed E-state index contributed by atoms with van der Waals surface area (Å²) in [5, 5.41) is 0. The Morgan fingerprint density at radius 2 is 1.86 bits per heavy atom. The maximum absolute atomic E-state index is 5.87. The lowest BCUT2D eigenvalue weighted by molar-refractivity contribution is 0.340. The maximum atomic E-state index is 5.87. The summed E-state index contributed by atoms with van der Waals surface area (Å²) < 4.78 is 5.36. The van der Waals surface area contributed by atoms with Gasteiger partial charge in [0.15, 0.2) is 0 Å². The molecule has 2 N–H and O–H groups in total. The standard InChI is InChI=1S/C12H19NO/c1-3-11(13)9-10-5-7-12(8-6-10)14-4-2/h5-8,11H,3-4,9,13H2,1-2H3/t11-/m1/s1. The second-order valence-corrected chi connectivity index (χ2v) is 3.45. The van der Waals surface area contributed by atoms with Gasteiger partial charge in [-0.05, 0) is 37.5 Å². The van der Waals surface area contributed by atoms with Crippen molar-refractivity contribution >= 4 is 0 Å². The Labute approximate surface area is 86.1 Å². The lowest BCUT2D eigenvalue weighted by atomic mass is 10.0. The molecule has 0 aliphatic heterocycles. The normalized spacial score (nSPS) is 12.5. The Hall–Kier alpha value is -1.02. The van der Waals surface area contributed by atoms with E-state index in [1.54, 1.807) is 0 Å². The summed E-state index contributed by atoms with van der Waals surface area (Å²) in [6, 6.07) is 8.44. The molecule has 0 amide bonds. The zero-order chi connectivity index (χ0) is 10.4. The van der Waals surface area contributed by atoms with Crippen molar-refractivity contribution < 1.29 is 4.74 Å². The zero-order valence-electron chi connectivity index (χ0n) is 8.99. The van der Waals surface area contributed by atoms with E-state index in [1.165, 1.54) is 5.56 Å². The SMILES string of the molecule is CCOc1ccc(C[C@H](N)CC)cc1. The molecule has 1 rings (SSSR count). The van der Waals surface area contributed by atoms with Crippen molar-refractivity contribution in [2.45, 2.75) is 32.7 Å². The smallest absolute Gasteiger partial charge is 0.119 e. The molecule has 0 heterocycles. The van der Waals surface area contributed by atoms with Gasteiger partial charge in [-0.1, -0.05) is 19.1 Å². The lowest BCUT2D eigenvalue weighted by Crippen LogP contribution is -2.21. The zero-order valence-corrected chi connectivity index (χ0v) is 8.99. The molecule has 2 nitrogen and oxygen atoms in total. The molecule has 1 aromatic carbocycles. The summed E-state index contributed by atoms with van der Waals surface area (Å²) in [7, 11) is 0. The number of benzene rings is 1. The van der Waals surface area contributed by atoms with Crippen molar-refractivity contribution in [1.82, 2.24) is 0 Å². The molecule has 0 radical (unpaired) electrons. The molecule has 0 saturated heterocycles. The fraction of sp³-hybridized carbons (Fsp3) is 0.500. The quantitative estimate of drug-likeness (QED) is 0.779. The van der Waals surface area contributed by atoms with Crippen molar-refractivity contribution in [2.75, 3.05) is 6.61 Å². The van der Waals surface area contributed by atoms with Crippen LogP contribution in [0.4, 0.5) is 0 Å². The van der Waals surface area contributed by atoms with Crippen molar-refractivity contribution in [3.05, 3.63) is 29.8 Å². The Kier molecular flexibility index (Phi) is 4.47. The fourth-order valence-electron chi connectivity index (χ4n) is 1.34. The van der Waals surface area contributed by atoms with Crippen LogP contribution in [0.2, 0.25) is 0 Å². The second-order valence-electron chi connectivity index (χ2n) is 3.45. The molecule has 0 fully saturated rings. The van der Waals surface area contributed by atoms with E-state index in [1.807, 2.05) is 19.1 Å². The first kappa shape index (κ1) is 11.1. The van der Waals surface area contributed by atoms with E-state index in [0.29, 0.717) is 6.61 Å². The molecular formula is C12H19NO. The second kappa shape index (κ2) is 5.66.